The number of aromatic amines is 1. The second-order valence-corrected chi connectivity index (χ2v) is 6.12. The summed E-state index contributed by atoms with van der Waals surface area (Å²) in [6.45, 7) is 1.33. The van der Waals surface area contributed by atoms with E-state index in [9.17, 15) is 4.79 Å². The summed E-state index contributed by atoms with van der Waals surface area (Å²) in [5.74, 6) is 0.707. The molecular formula is C16H16Cl2N2O2. The molecule has 1 saturated heterocycles. The molecule has 1 aromatic carbocycles. The van der Waals surface area contributed by atoms with E-state index in [4.69, 9.17) is 27.9 Å². The summed E-state index contributed by atoms with van der Waals surface area (Å²) in [5.41, 5.74) is 0.676. The van der Waals surface area contributed by atoms with Crippen molar-refractivity contribution in [3.8, 4) is 5.75 Å². The first-order valence-corrected chi connectivity index (χ1v) is 7.93. The molecule has 0 radical (unpaired) electrons. The molecule has 4 nitrogen and oxygen atoms in total. The Kier molecular flexibility index (Phi) is 4.60. The number of piperidine rings is 1. The molecule has 1 aliphatic rings. The quantitative estimate of drug-likeness (QED) is 0.919. The van der Waals surface area contributed by atoms with Crippen LogP contribution in [0.15, 0.2) is 36.7 Å². The molecule has 1 atom stereocenters. The number of likely N-dealkylation sites (tertiary alicyclic amines) is 1. The minimum absolute atomic E-state index is 0.0312. The van der Waals surface area contributed by atoms with Gasteiger partial charge in [-0.25, -0.2) is 0 Å². The van der Waals surface area contributed by atoms with E-state index >= 15 is 0 Å². The Balaban J connectivity index is 1.65. The minimum Gasteiger partial charge on any atom is -0.489 e. The van der Waals surface area contributed by atoms with Crippen molar-refractivity contribution in [1.82, 2.24) is 9.88 Å². The van der Waals surface area contributed by atoms with Gasteiger partial charge in [0.25, 0.3) is 5.91 Å². The number of carbonyl (C=O) groups is 1. The van der Waals surface area contributed by atoms with Crippen molar-refractivity contribution in [3.05, 3.63) is 52.3 Å². The molecule has 3 rings (SSSR count). The maximum atomic E-state index is 12.4. The Morgan fingerprint density at radius 1 is 1.27 bits per heavy atom. The number of nitrogens with one attached hydrogen (secondary N) is 1. The highest BCUT2D eigenvalue weighted by molar-refractivity contribution is 6.42. The normalized spacial score (nSPS) is 18.3. The third kappa shape index (κ3) is 3.39. The summed E-state index contributed by atoms with van der Waals surface area (Å²) in [7, 11) is 0. The zero-order chi connectivity index (χ0) is 15.5. The highest BCUT2D eigenvalue weighted by atomic mass is 35.5. The number of carbonyl (C=O) groups excluding carboxylic acids is 1. The molecule has 0 spiro atoms. The molecule has 1 aromatic heterocycles. The molecule has 1 unspecified atom stereocenters. The number of hydrogen-bond donors (Lipinski definition) is 1. The zero-order valence-corrected chi connectivity index (χ0v) is 13.4. The van der Waals surface area contributed by atoms with E-state index in [1.54, 1.807) is 36.7 Å². The molecule has 116 valence electrons. The van der Waals surface area contributed by atoms with Crippen LogP contribution in [0.25, 0.3) is 0 Å². The maximum Gasteiger partial charge on any atom is 0.255 e. The van der Waals surface area contributed by atoms with Gasteiger partial charge in [0.05, 0.1) is 22.2 Å². The standard InChI is InChI=1S/C16H16Cl2N2O2/c17-14-4-3-12(8-15(14)18)22-13-2-1-7-20(10-13)16(21)11-5-6-19-9-11/h3-6,8-9,13,19H,1-2,7,10H2. The Morgan fingerprint density at radius 2 is 2.14 bits per heavy atom. The van der Waals surface area contributed by atoms with Crippen molar-refractivity contribution >= 4 is 29.1 Å². The van der Waals surface area contributed by atoms with Gasteiger partial charge in [-0.2, -0.15) is 0 Å². The average molecular weight is 339 g/mol. The van der Waals surface area contributed by atoms with E-state index in [0.29, 0.717) is 27.9 Å². The number of nitrogens with zero attached hydrogens (tertiary/aromatic N) is 1. The lowest BCUT2D eigenvalue weighted by Crippen LogP contribution is -2.44. The van der Waals surface area contributed by atoms with Crippen LogP contribution >= 0.6 is 23.2 Å². The lowest BCUT2D eigenvalue weighted by atomic mass is 10.1. The number of rotatable bonds is 3. The molecule has 1 fully saturated rings. The number of amides is 1. The monoisotopic (exact) mass is 338 g/mol. The smallest absolute Gasteiger partial charge is 0.255 e. The van der Waals surface area contributed by atoms with Gasteiger partial charge < -0.3 is 14.6 Å². The summed E-state index contributed by atoms with van der Waals surface area (Å²) in [6, 6.07) is 6.99. The Labute approximate surface area is 139 Å². The van der Waals surface area contributed by atoms with Gasteiger partial charge in [0, 0.05) is 25.0 Å². The third-order valence-corrected chi connectivity index (χ3v) is 4.44. The van der Waals surface area contributed by atoms with Crippen LogP contribution < -0.4 is 4.74 Å². The number of hydrogen-bond acceptors (Lipinski definition) is 2. The number of aromatic nitrogens is 1. The first-order valence-electron chi connectivity index (χ1n) is 7.17. The van der Waals surface area contributed by atoms with Crippen molar-refractivity contribution in [2.75, 3.05) is 13.1 Å². The van der Waals surface area contributed by atoms with E-state index in [1.807, 2.05) is 4.90 Å². The van der Waals surface area contributed by atoms with Crippen LogP contribution in [0, 0.1) is 0 Å². The molecule has 0 bridgehead atoms. The van der Waals surface area contributed by atoms with Gasteiger partial charge in [-0.05, 0) is 31.0 Å². The molecule has 0 saturated carbocycles. The topological polar surface area (TPSA) is 45.3 Å². The fourth-order valence-electron chi connectivity index (χ4n) is 2.60. The number of halogens is 2. The summed E-state index contributed by atoms with van der Waals surface area (Å²) in [5, 5.41) is 0.970. The van der Waals surface area contributed by atoms with Gasteiger partial charge in [0.1, 0.15) is 11.9 Å². The molecule has 2 aromatic rings. The first kappa shape index (κ1) is 15.3. The Hall–Kier alpha value is -1.65. The molecule has 1 N–H and O–H groups in total. The SMILES string of the molecule is O=C(c1cc[nH]c1)N1CCCC(Oc2ccc(Cl)c(Cl)c2)C1. The summed E-state index contributed by atoms with van der Waals surface area (Å²) >= 11 is 11.9. The van der Waals surface area contributed by atoms with Gasteiger partial charge in [0.2, 0.25) is 0 Å². The van der Waals surface area contributed by atoms with E-state index < -0.39 is 0 Å². The minimum atomic E-state index is -0.0334. The van der Waals surface area contributed by atoms with Gasteiger partial charge in [-0.3, -0.25) is 4.79 Å². The first-order chi connectivity index (χ1) is 10.6. The third-order valence-electron chi connectivity index (χ3n) is 3.70. The average Bonchev–Trinajstić information content (AvgIpc) is 3.05. The lowest BCUT2D eigenvalue weighted by molar-refractivity contribution is 0.0538. The summed E-state index contributed by atoms with van der Waals surface area (Å²) < 4.78 is 5.94. The second-order valence-electron chi connectivity index (χ2n) is 5.31. The molecule has 1 aliphatic heterocycles. The van der Waals surface area contributed by atoms with Crippen molar-refractivity contribution in [2.24, 2.45) is 0 Å². The van der Waals surface area contributed by atoms with E-state index in [0.717, 1.165) is 19.4 Å². The second kappa shape index (κ2) is 6.63. The van der Waals surface area contributed by atoms with Crippen molar-refractivity contribution in [2.45, 2.75) is 18.9 Å². The van der Waals surface area contributed by atoms with E-state index in [-0.39, 0.29) is 12.0 Å². The molecular weight excluding hydrogens is 323 g/mol. The fraction of sp³-hybridized carbons (Fsp3) is 0.312. The van der Waals surface area contributed by atoms with Crippen LogP contribution in [0.2, 0.25) is 10.0 Å². The van der Waals surface area contributed by atoms with Crippen molar-refractivity contribution in [3.63, 3.8) is 0 Å². The molecule has 0 aliphatic carbocycles. The Morgan fingerprint density at radius 3 is 2.86 bits per heavy atom. The highest BCUT2D eigenvalue weighted by Gasteiger charge is 2.26. The summed E-state index contributed by atoms with van der Waals surface area (Å²) in [4.78, 5) is 17.1. The van der Waals surface area contributed by atoms with Gasteiger partial charge >= 0.3 is 0 Å². The van der Waals surface area contributed by atoms with Crippen LogP contribution in [0.4, 0.5) is 0 Å². The van der Waals surface area contributed by atoms with Crippen LogP contribution in [-0.4, -0.2) is 35.0 Å². The van der Waals surface area contributed by atoms with Crippen LogP contribution in [0.3, 0.4) is 0 Å². The van der Waals surface area contributed by atoms with Crippen molar-refractivity contribution < 1.29 is 9.53 Å². The number of benzene rings is 1. The molecule has 1 amide bonds. The fourth-order valence-corrected chi connectivity index (χ4v) is 2.89. The van der Waals surface area contributed by atoms with Crippen LogP contribution in [0.1, 0.15) is 23.2 Å². The van der Waals surface area contributed by atoms with Gasteiger partial charge in [-0.1, -0.05) is 23.2 Å². The van der Waals surface area contributed by atoms with Gasteiger partial charge in [0.15, 0.2) is 0 Å². The summed E-state index contributed by atoms with van der Waals surface area (Å²) in [6.07, 6.45) is 5.26. The predicted octanol–water partition coefficient (Wildman–Crippen LogP) is 4.01. The zero-order valence-electron chi connectivity index (χ0n) is 11.9. The highest BCUT2D eigenvalue weighted by Crippen LogP contribution is 2.28. The van der Waals surface area contributed by atoms with E-state index in [2.05, 4.69) is 4.98 Å². The molecule has 2 heterocycles. The number of ether oxygens (including phenoxy) is 1. The number of H-pyrrole nitrogens is 1. The largest absolute Gasteiger partial charge is 0.489 e. The lowest BCUT2D eigenvalue weighted by Gasteiger charge is -2.32. The maximum absolute atomic E-state index is 12.4. The van der Waals surface area contributed by atoms with Crippen molar-refractivity contribution in [1.29, 1.82) is 0 Å². The van der Waals surface area contributed by atoms with Gasteiger partial charge in [-0.15, -0.1) is 0 Å². The predicted molar refractivity (Wildman–Crippen MR) is 86.8 cm³/mol. The van der Waals surface area contributed by atoms with Crippen LogP contribution in [0.5, 0.6) is 5.75 Å². The molecule has 22 heavy (non-hydrogen) atoms. The molecule has 6 heteroatoms. The van der Waals surface area contributed by atoms with E-state index in [1.165, 1.54) is 0 Å². The Bertz CT molecular complexity index is 658. The van der Waals surface area contributed by atoms with Crippen LogP contribution in [-0.2, 0) is 0 Å².